The molecule has 3 aliphatic heterocycles. The molecule has 0 saturated carbocycles. The number of hydrogen-bond acceptors (Lipinski definition) is 8. The van der Waals surface area contributed by atoms with Gasteiger partial charge in [-0.3, -0.25) is 0 Å². The highest BCUT2D eigenvalue weighted by atomic mass is 16.5. The second kappa shape index (κ2) is 12.2. The number of esters is 1. The second-order valence-electron chi connectivity index (χ2n) is 12.4. The van der Waals surface area contributed by atoms with Crippen molar-refractivity contribution in [2.75, 3.05) is 31.7 Å². The molecule has 0 aliphatic carbocycles. The lowest BCUT2D eigenvalue weighted by Crippen LogP contribution is -2.45. The van der Waals surface area contributed by atoms with Crippen LogP contribution in [0.4, 0.5) is 5.82 Å². The van der Waals surface area contributed by atoms with Gasteiger partial charge in [-0.25, -0.2) is 9.78 Å². The number of ether oxygens (including phenoxy) is 3. The maximum absolute atomic E-state index is 12.6. The number of nitrogens with zero attached hydrogens (tertiary/aromatic N) is 4. The first-order chi connectivity index (χ1) is 21.2. The second-order valence-corrected chi connectivity index (χ2v) is 12.4. The Morgan fingerprint density at radius 2 is 1.86 bits per heavy atom. The molecule has 1 fully saturated rings. The first kappa shape index (κ1) is 30.1. The molecule has 9 heteroatoms. The van der Waals surface area contributed by atoms with E-state index in [0.717, 1.165) is 65.8 Å². The minimum absolute atomic E-state index is 0.0739. The van der Waals surface area contributed by atoms with Crippen LogP contribution in [0.1, 0.15) is 68.9 Å². The molecule has 0 radical (unpaired) electrons. The number of piperidine rings is 1. The molecular weight excluding hydrogens is 556 g/mol. The van der Waals surface area contributed by atoms with Gasteiger partial charge in [-0.2, -0.15) is 9.61 Å². The Hall–Kier alpha value is -3.95. The maximum Gasteiger partial charge on any atom is 0.339 e. The average molecular weight is 599 g/mol. The lowest BCUT2D eigenvalue weighted by atomic mass is 9.92. The van der Waals surface area contributed by atoms with Gasteiger partial charge < -0.3 is 24.2 Å². The molecule has 0 spiro atoms. The average Bonchev–Trinajstić information content (AvgIpc) is 3.44. The maximum atomic E-state index is 12.6. The Bertz CT molecular complexity index is 1670. The minimum atomic E-state index is -1.49. The summed E-state index contributed by atoms with van der Waals surface area (Å²) in [5.74, 6) is 0.792. The summed E-state index contributed by atoms with van der Waals surface area (Å²) in [6.45, 7) is 10.3. The summed E-state index contributed by atoms with van der Waals surface area (Å²) in [6, 6.07) is 16.6. The fourth-order valence-electron chi connectivity index (χ4n) is 6.39. The zero-order valence-electron chi connectivity index (χ0n) is 26.3. The Labute approximate surface area is 258 Å². The van der Waals surface area contributed by atoms with Crippen LogP contribution in [0.5, 0.6) is 5.75 Å². The number of benzene rings is 2. The Balaban J connectivity index is 1.51. The van der Waals surface area contributed by atoms with E-state index in [4.69, 9.17) is 24.3 Å². The molecule has 44 heavy (non-hydrogen) atoms. The molecule has 7 rings (SSSR count). The number of rotatable bonds is 2. The fourth-order valence-corrected chi connectivity index (χ4v) is 6.39. The van der Waals surface area contributed by atoms with E-state index >= 15 is 0 Å². The van der Waals surface area contributed by atoms with Crippen molar-refractivity contribution in [3.8, 4) is 28.1 Å². The lowest BCUT2D eigenvalue weighted by Gasteiger charge is -2.41. The lowest BCUT2D eigenvalue weighted by molar-refractivity contribution is -0.150. The van der Waals surface area contributed by atoms with Crippen LogP contribution in [0.2, 0.25) is 0 Å². The van der Waals surface area contributed by atoms with E-state index in [9.17, 15) is 9.90 Å². The number of hydrogen-bond donors (Lipinski definition) is 1. The number of anilines is 1. The van der Waals surface area contributed by atoms with Crippen LogP contribution >= 0.6 is 0 Å². The van der Waals surface area contributed by atoms with E-state index in [1.165, 1.54) is 7.11 Å². The van der Waals surface area contributed by atoms with Gasteiger partial charge in [-0.15, -0.1) is 0 Å². The van der Waals surface area contributed by atoms with Crippen molar-refractivity contribution in [1.82, 2.24) is 14.6 Å². The van der Waals surface area contributed by atoms with E-state index in [1.807, 2.05) is 25.1 Å². The number of carbonyl (C=O) groups is 1. The quantitative estimate of drug-likeness (QED) is 0.272. The molecule has 2 atom stereocenters. The van der Waals surface area contributed by atoms with Crippen LogP contribution < -0.4 is 9.64 Å². The number of carbonyl (C=O) groups excluding carboxylic acids is 1. The minimum Gasteiger partial charge on any atom is -0.490 e. The Kier molecular flexibility index (Phi) is 8.35. The van der Waals surface area contributed by atoms with Gasteiger partial charge in [0.25, 0.3) is 0 Å². The van der Waals surface area contributed by atoms with Gasteiger partial charge in [0.2, 0.25) is 0 Å². The molecule has 2 aromatic carbocycles. The SMILES string of the molecule is COC(=O)C(O)c1c(C)nc2cc3nn2c1N1CCC(C)(CC1)OCCCCC(C)Oc1ccc(C)cc1-c1cccc-3c1. The van der Waals surface area contributed by atoms with Crippen molar-refractivity contribution in [2.24, 2.45) is 0 Å². The van der Waals surface area contributed by atoms with Crippen molar-refractivity contribution in [3.63, 3.8) is 0 Å². The predicted molar refractivity (Wildman–Crippen MR) is 170 cm³/mol. The van der Waals surface area contributed by atoms with Gasteiger partial charge in [0.1, 0.15) is 11.6 Å². The van der Waals surface area contributed by atoms with Crippen LogP contribution in [0, 0.1) is 13.8 Å². The smallest absolute Gasteiger partial charge is 0.339 e. The molecule has 1 saturated heterocycles. The molecule has 0 amide bonds. The highest BCUT2D eigenvalue weighted by Gasteiger charge is 2.36. The monoisotopic (exact) mass is 598 g/mol. The molecule has 2 aromatic heterocycles. The number of methoxy groups -OCH3 is 1. The first-order valence-electron chi connectivity index (χ1n) is 15.6. The first-order valence-corrected chi connectivity index (χ1v) is 15.6. The van der Waals surface area contributed by atoms with Crippen molar-refractivity contribution in [1.29, 1.82) is 0 Å². The van der Waals surface area contributed by atoms with Crippen molar-refractivity contribution < 1.29 is 24.1 Å². The largest absolute Gasteiger partial charge is 0.490 e. The van der Waals surface area contributed by atoms with Gasteiger partial charge in [0.15, 0.2) is 11.8 Å². The summed E-state index contributed by atoms with van der Waals surface area (Å²) in [6.07, 6.45) is 3.12. The number of aliphatic hydroxyl groups is 1. The molecular formula is C35H42N4O5. The van der Waals surface area contributed by atoms with Crippen LogP contribution in [-0.2, 0) is 14.3 Å². The van der Waals surface area contributed by atoms with Crippen LogP contribution in [0.15, 0.2) is 48.5 Å². The number of aliphatic hydroxyl groups excluding tert-OH is 1. The molecule has 5 heterocycles. The summed E-state index contributed by atoms with van der Waals surface area (Å²) < 4.78 is 19.7. The summed E-state index contributed by atoms with van der Waals surface area (Å²) in [7, 11) is 1.28. The van der Waals surface area contributed by atoms with E-state index in [-0.39, 0.29) is 11.7 Å². The highest BCUT2D eigenvalue weighted by Crippen LogP contribution is 2.38. The number of aromatic nitrogens is 3. The van der Waals surface area contributed by atoms with Gasteiger partial charge in [-0.1, -0.05) is 29.8 Å². The van der Waals surface area contributed by atoms with Crippen LogP contribution in [-0.4, -0.2) is 64.2 Å². The third-order valence-electron chi connectivity index (χ3n) is 9.01. The van der Waals surface area contributed by atoms with E-state index in [1.54, 1.807) is 4.52 Å². The third kappa shape index (κ3) is 5.90. The van der Waals surface area contributed by atoms with E-state index < -0.39 is 12.1 Å². The molecule has 4 aromatic rings. The summed E-state index contributed by atoms with van der Waals surface area (Å²) >= 11 is 0. The molecule has 1 N–H and O–H groups in total. The molecule has 9 nitrogen and oxygen atoms in total. The van der Waals surface area contributed by atoms with Crippen molar-refractivity contribution in [3.05, 3.63) is 65.4 Å². The Morgan fingerprint density at radius 1 is 1.09 bits per heavy atom. The normalized spacial score (nSPS) is 21.5. The predicted octanol–water partition coefficient (Wildman–Crippen LogP) is 6.21. The van der Waals surface area contributed by atoms with Gasteiger partial charge in [0, 0.05) is 42.6 Å². The number of fused-ring (bicyclic) bond motifs is 8. The molecule has 3 aliphatic rings. The van der Waals surface area contributed by atoms with Crippen LogP contribution in [0.3, 0.4) is 0 Å². The zero-order chi connectivity index (χ0) is 31.0. The third-order valence-corrected chi connectivity index (χ3v) is 9.01. The zero-order valence-corrected chi connectivity index (χ0v) is 26.3. The fraction of sp³-hybridized carbons (Fsp3) is 0.457. The summed E-state index contributed by atoms with van der Waals surface area (Å²) in [4.78, 5) is 19.6. The summed E-state index contributed by atoms with van der Waals surface area (Å²) in [5, 5.41) is 16.2. The highest BCUT2D eigenvalue weighted by molar-refractivity contribution is 5.80. The molecule has 2 unspecified atom stereocenters. The van der Waals surface area contributed by atoms with Gasteiger partial charge in [0.05, 0.1) is 30.1 Å². The topological polar surface area (TPSA) is 98.4 Å². The summed E-state index contributed by atoms with van der Waals surface area (Å²) in [5.41, 5.74) is 6.26. The van der Waals surface area contributed by atoms with Crippen molar-refractivity contribution in [2.45, 2.75) is 77.6 Å². The molecule has 232 valence electrons. The van der Waals surface area contributed by atoms with E-state index in [2.05, 4.69) is 56.0 Å². The van der Waals surface area contributed by atoms with E-state index in [0.29, 0.717) is 42.4 Å². The van der Waals surface area contributed by atoms with Gasteiger partial charge in [-0.05, 0) is 83.6 Å². The van der Waals surface area contributed by atoms with Crippen molar-refractivity contribution >= 4 is 17.4 Å². The van der Waals surface area contributed by atoms with Gasteiger partial charge >= 0.3 is 5.97 Å². The standard InChI is InChI=1S/C35H42N4O5/c1-22-12-13-29-27(19-22)25-10-8-11-26(20-25)28-21-30-36-24(3)31(32(40)34(41)42-5)33(39(30)37-28)38-16-14-35(4,15-17-38)43-18-7-6-9-23(2)44-29/h8,10-13,19-21,23,32,40H,6-7,9,14-18H2,1-5H3. The number of aryl methyl sites for hydroxylation is 2. The molecule has 6 bridgehead atoms. The van der Waals surface area contributed by atoms with Crippen LogP contribution in [0.25, 0.3) is 28.0 Å². The Morgan fingerprint density at radius 3 is 2.64 bits per heavy atom.